The molecule has 10 nitrogen and oxygen atoms in total. The Bertz CT molecular complexity index is 812. The van der Waals surface area contributed by atoms with Gasteiger partial charge in [0.25, 0.3) is 5.69 Å². The van der Waals surface area contributed by atoms with Crippen molar-refractivity contribution in [2.75, 3.05) is 35.6 Å². The van der Waals surface area contributed by atoms with E-state index in [9.17, 15) is 14.9 Å². The Morgan fingerprint density at radius 2 is 2.00 bits per heavy atom. The smallest absolute Gasteiger partial charge is 0.271 e. The molecule has 1 amide bonds. The Labute approximate surface area is 156 Å². The normalized spacial score (nSPS) is 11.1. The second-order valence-electron chi connectivity index (χ2n) is 6.87. The number of rotatable bonds is 8. The van der Waals surface area contributed by atoms with Gasteiger partial charge in [-0.1, -0.05) is 25.9 Å². The Balaban J connectivity index is 2.03. The standard InChI is InChI=1S/C17H23N5O5/c1-17(2,3)14-9-16(27-21-14)20-15(24)10-19-13-8-11(22(25)26)4-5-12(13)18-6-7-23/h4-5,8-9,18-19,23H,6-7,10H2,1-3H3,(H,20,24). The molecule has 1 heterocycles. The molecule has 0 aliphatic rings. The predicted molar refractivity (Wildman–Crippen MR) is 101 cm³/mol. The fourth-order valence-corrected chi connectivity index (χ4v) is 2.18. The summed E-state index contributed by atoms with van der Waals surface area (Å²) in [6.07, 6.45) is 0. The van der Waals surface area contributed by atoms with Gasteiger partial charge in [-0.2, -0.15) is 0 Å². The summed E-state index contributed by atoms with van der Waals surface area (Å²) >= 11 is 0. The maximum atomic E-state index is 12.1. The van der Waals surface area contributed by atoms with Crippen LogP contribution in [0.2, 0.25) is 0 Å². The summed E-state index contributed by atoms with van der Waals surface area (Å²) in [4.78, 5) is 22.6. The molecule has 0 aliphatic heterocycles. The lowest BCUT2D eigenvalue weighted by molar-refractivity contribution is -0.384. The summed E-state index contributed by atoms with van der Waals surface area (Å²) < 4.78 is 5.10. The first-order chi connectivity index (χ1) is 12.7. The Morgan fingerprint density at radius 1 is 1.26 bits per heavy atom. The van der Waals surface area contributed by atoms with Gasteiger partial charge in [-0.15, -0.1) is 0 Å². The summed E-state index contributed by atoms with van der Waals surface area (Å²) in [5.41, 5.74) is 1.30. The minimum atomic E-state index is -0.524. The number of aliphatic hydroxyl groups is 1. The van der Waals surface area contributed by atoms with Gasteiger partial charge in [0.15, 0.2) is 0 Å². The van der Waals surface area contributed by atoms with Crippen molar-refractivity contribution < 1.29 is 19.3 Å². The molecule has 27 heavy (non-hydrogen) atoms. The number of nitrogens with one attached hydrogen (secondary N) is 3. The van der Waals surface area contributed by atoms with Gasteiger partial charge < -0.3 is 20.3 Å². The largest absolute Gasteiger partial charge is 0.395 e. The number of anilines is 3. The first-order valence-electron chi connectivity index (χ1n) is 8.35. The molecule has 2 aromatic rings. The number of aromatic nitrogens is 1. The molecule has 1 aromatic carbocycles. The molecule has 0 radical (unpaired) electrons. The predicted octanol–water partition coefficient (Wildman–Crippen LogP) is 2.34. The van der Waals surface area contributed by atoms with Crippen LogP contribution >= 0.6 is 0 Å². The third-order valence-electron chi connectivity index (χ3n) is 3.62. The topological polar surface area (TPSA) is 143 Å². The van der Waals surface area contributed by atoms with Gasteiger partial charge in [-0.25, -0.2) is 0 Å². The van der Waals surface area contributed by atoms with Crippen molar-refractivity contribution in [3.8, 4) is 0 Å². The van der Waals surface area contributed by atoms with Gasteiger partial charge in [0.05, 0.1) is 35.1 Å². The van der Waals surface area contributed by atoms with E-state index in [1.807, 2.05) is 20.8 Å². The van der Waals surface area contributed by atoms with Gasteiger partial charge in [0.1, 0.15) is 0 Å². The summed E-state index contributed by atoms with van der Waals surface area (Å²) in [5, 5.41) is 32.2. The van der Waals surface area contributed by atoms with Crippen LogP contribution in [0, 0.1) is 10.1 Å². The van der Waals surface area contributed by atoms with Crippen LogP contribution in [-0.4, -0.2) is 40.8 Å². The van der Waals surface area contributed by atoms with Crippen molar-refractivity contribution in [2.45, 2.75) is 26.2 Å². The molecule has 146 valence electrons. The highest BCUT2D eigenvalue weighted by Crippen LogP contribution is 2.27. The summed E-state index contributed by atoms with van der Waals surface area (Å²) in [5.74, 6) is -0.171. The molecular formula is C17H23N5O5. The maximum Gasteiger partial charge on any atom is 0.271 e. The third kappa shape index (κ3) is 5.68. The van der Waals surface area contributed by atoms with Crippen molar-refractivity contribution in [2.24, 2.45) is 0 Å². The Hall–Kier alpha value is -3.14. The Kier molecular flexibility index (Phi) is 6.35. The van der Waals surface area contributed by atoms with Gasteiger partial charge in [-0.05, 0) is 6.07 Å². The van der Waals surface area contributed by atoms with Gasteiger partial charge >= 0.3 is 0 Å². The van der Waals surface area contributed by atoms with Gasteiger partial charge in [-0.3, -0.25) is 20.2 Å². The van der Waals surface area contributed by atoms with Crippen molar-refractivity contribution in [1.29, 1.82) is 0 Å². The summed E-state index contributed by atoms with van der Waals surface area (Å²) in [7, 11) is 0. The highest BCUT2D eigenvalue weighted by molar-refractivity contribution is 5.93. The zero-order valence-electron chi connectivity index (χ0n) is 15.4. The molecule has 0 saturated carbocycles. The van der Waals surface area contributed by atoms with Gasteiger partial charge in [0.2, 0.25) is 11.8 Å². The highest BCUT2D eigenvalue weighted by Gasteiger charge is 2.20. The fourth-order valence-electron chi connectivity index (χ4n) is 2.18. The number of aliphatic hydroxyl groups excluding tert-OH is 1. The van der Waals surface area contributed by atoms with Crippen LogP contribution in [-0.2, 0) is 10.2 Å². The molecule has 0 spiro atoms. The highest BCUT2D eigenvalue weighted by atomic mass is 16.6. The third-order valence-corrected chi connectivity index (χ3v) is 3.62. The molecule has 0 atom stereocenters. The van der Waals surface area contributed by atoms with E-state index in [0.717, 1.165) is 0 Å². The molecule has 4 N–H and O–H groups in total. The van der Waals surface area contributed by atoms with E-state index in [2.05, 4.69) is 21.1 Å². The van der Waals surface area contributed by atoms with Crippen LogP contribution in [0.3, 0.4) is 0 Å². The molecule has 0 saturated heterocycles. The second-order valence-corrected chi connectivity index (χ2v) is 6.87. The van der Waals surface area contributed by atoms with Crippen LogP contribution in [0.15, 0.2) is 28.8 Å². The number of nitro groups is 1. The van der Waals surface area contributed by atoms with E-state index in [-0.39, 0.29) is 36.7 Å². The van der Waals surface area contributed by atoms with Crippen LogP contribution < -0.4 is 16.0 Å². The van der Waals surface area contributed by atoms with E-state index in [0.29, 0.717) is 17.1 Å². The molecule has 1 aromatic heterocycles. The monoisotopic (exact) mass is 377 g/mol. The van der Waals surface area contributed by atoms with Crippen LogP contribution in [0.5, 0.6) is 0 Å². The summed E-state index contributed by atoms with van der Waals surface area (Å²) in [6, 6.07) is 5.83. The zero-order valence-corrected chi connectivity index (χ0v) is 15.4. The SMILES string of the molecule is CC(C)(C)c1cc(NC(=O)CNc2cc([N+](=O)[O-])ccc2NCCO)on1. The van der Waals surface area contributed by atoms with E-state index in [4.69, 9.17) is 9.63 Å². The van der Waals surface area contributed by atoms with E-state index < -0.39 is 10.8 Å². The molecule has 0 unspecified atom stereocenters. The second kappa shape index (κ2) is 8.49. The number of hydrogen-bond acceptors (Lipinski definition) is 8. The van der Waals surface area contributed by atoms with Crippen LogP contribution in [0.4, 0.5) is 22.9 Å². The zero-order chi connectivity index (χ0) is 20.0. The molecule has 10 heteroatoms. The summed E-state index contributed by atoms with van der Waals surface area (Å²) in [6.45, 7) is 5.95. The van der Waals surface area contributed by atoms with Crippen LogP contribution in [0.25, 0.3) is 0 Å². The maximum absolute atomic E-state index is 12.1. The lowest BCUT2D eigenvalue weighted by Gasteiger charge is -2.13. The van der Waals surface area contributed by atoms with Crippen LogP contribution in [0.1, 0.15) is 26.5 Å². The lowest BCUT2D eigenvalue weighted by Crippen LogP contribution is -2.22. The molecule has 0 bridgehead atoms. The minimum absolute atomic E-state index is 0.0987. The quantitative estimate of drug-likeness (QED) is 0.405. The number of amides is 1. The minimum Gasteiger partial charge on any atom is -0.395 e. The number of hydrogen-bond donors (Lipinski definition) is 4. The lowest BCUT2D eigenvalue weighted by atomic mass is 9.92. The van der Waals surface area contributed by atoms with Crippen molar-refractivity contribution in [1.82, 2.24) is 5.16 Å². The average molecular weight is 377 g/mol. The molecular weight excluding hydrogens is 354 g/mol. The molecule has 0 fully saturated rings. The number of benzene rings is 1. The molecule has 2 rings (SSSR count). The van der Waals surface area contributed by atoms with E-state index in [1.54, 1.807) is 6.07 Å². The van der Waals surface area contributed by atoms with E-state index >= 15 is 0 Å². The molecule has 0 aliphatic carbocycles. The number of non-ortho nitro benzene ring substituents is 1. The van der Waals surface area contributed by atoms with Crippen molar-refractivity contribution in [3.05, 3.63) is 40.1 Å². The number of carbonyl (C=O) groups is 1. The van der Waals surface area contributed by atoms with Crippen molar-refractivity contribution in [3.63, 3.8) is 0 Å². The first kappa shape index (κ1) is 20.2. The number of nitrogens with zero attached hydrogens (tertiary/aromatic N) is 2. The van der Waals surface area contributed by atoms with Gasteiger partial charge in [0, 0.05) is 30.2 Å². The number of nitro benzene ring substituents is 1. The average Bonchev–Trinajstić information content (AvgIpc) is 3.07. The number of carbonyl (C=O) groups excluding carboxylic acids is 1. The van der Waals surface area contributed by atoms with Crippen molar-refractivity contribution >= 4 is 28.9 Å². The first-order valence-corrected chi connectivity index (χ1v) is 8.35. The van der Waals surface area contributed by atoms with E-state index in [1.165, 1.54) is 18.2 Å². The fraction of sp³-hybridized carbons (Fsp3) is 0.412. The Morgan fingerprint density at radius 3 is 2.59 bits per heavy atom.